The van der Waals surface area contributed by atoms with Crippen molar-refractivity contribution in [3.8, 4) is 0 Å². The van der Waals surface area contributed by atoms with Gasteiger partial charge < -0.3 is 9.80 Å². The molecule has 2 fully saturated rings. The predicted molar refractivity (Wildman–Crippen MR) is 84.2 cm³/mol. The number of likely N-dealkylation sites (tertiary alicyclic amines) is 1. The summed E-state index contributed by atoms with van der Waals surface area (Å²) in [6, 6.07) is 5.74. The summed E-state index contributed by atoms with van der Waals surface area (Å²) in [6.07, 6.45) is 3.04. The van der Waals surface area contributed by atoms with E-state index in [1.807, 2.05) is 4.90 Å². The summed E-state index contributed by atoms with van der Waals surface area (Å²) in [5, 5.41) is 3.30. The van der Waals surface area contributed by atoms with Gasteiger partial charge in [0.1, 0.15) is 5.82 Å². The van der Waals surface area contributed by atoms with E-state index in [-0.39, 0.29) is 17.5 Å². The second kappa shape index (κ2) is 6.12. The van der Waals surface area contributed by atoms with Crippen molar-refractivity contribution in [2.24, 2.45) is 0 Å². The van der Waals surface area contributed by atoms with E-state index >= 15 is 0 Å². The first-order valence-corrected chi connectivity index (χ1v) is 7.77. The summed E-state index contributed by atoms with van der Waals surface area (Å²) in [6.45, 7) is 5.60. The summed E-state index contributed by atoms with van der Waals surface area (Å²) in [7, 11) is 0. The van der Waals surface area contributed by atoms with E-state index in [2.05, 4.69) is 11.9 Å². The van der Waals surface area contributed by atoms with Crippen molar-refractivity contribution in [3.63, 3.8) is 0 Å². The monoisotopic (exact) mass is 317 g/mol. The molecule has 0 aromatic heterocycles. The van der Waals surface area contributed by atoms with Gasteiger partial charge in [0.25, 0.3) is 5.91 Å². The van der Waals surface area contributed by atoms with Crippen LogP contribution in [0.2, 0.25) is 0 Å². The van der Waals surface area contributed by atoms with Crippen LogP contribution in [0.1, 0.15) is 23.2 Å². The van der Waals surface area contributed by atoms with Gasteiger partial charge in [-0.15, -0.1) is 6.58 Å². The molecule has 23 heavy (non-hydrogen) atoms. The number of piperidine rings is 1. The SMILES string of the molecule is C=CCN1C(=O)CNC12CCN(C(=O)c1cccc(F)c1)CC2. The van der Waals surface area contributed by atoms with E-state index in [1.54, 1.807) is 17.0 Å². The van der Waals surface area contributed by atoms with Crippen LogP contribution in [0, 0.1) is 5.82 Å². The largest absolute Gasteiger partial charge is 0.338 e. The van der Waals surface area contributed by atoms with Crippen molar-refractivity contribution in [3.05, 3.63) is 48.3 Å². The maximum atomic E-state index is 13.3. The lowest BCUT2D eigenvalue weighted by Crippen LogP contribution is -2.59. The summed E-state index contributed by atoms with van der Waals surface area (Å²) >= 11 is 0. The third-order valence-electron chi connectivity index (χ3n) is 4.65. The lowest BCUT2D eigenvalue weighted by atomic mass is 9.95. The van der Waals surface area contributed by atoms with Crippen LogP contribution < -0.4 is 5.32 Å². The zero-order valence-corrected chi connectivity index (χ0v) is 12.9. The Bertz CT molecular complexity index is 638. The van der Waals surface area contributed by atoms with Crippen LogP contribution in [0.15, 0.2) is 36.9 Å². The number of carbonyl (C=O) groups is 2. The lowest BCUT2D eigenvalue weighted by Gasteiger charge is -2.44. The van der Waals surface area contributed by atoms with Gasteiger partial charge in [0, 0.05) is 38.0 Å². The number of nitrogens with one attached hydrogen (secondary N) is 1. The molecule has 0 atom stereocenters. The molecular formula is C17H20FN3O2. The highest BCUT2D eigenvalue weighted by Gasteiger charge is 2.46. The number of benzene rings is 1. The first kappa shape index (κ1) is 15.7. The van der Waals surface area contributed by atoms with E-state index in [1.165, 1.54) is 18.2 Å². The maximum absolute atomic E-state index is 13.3. The van der Waals surface area contributed by atoms with Gasteiger partial charge in [-0.2, -0.15) is 0 Å². The van der Waals surface area contributed by atoms with Crippen molar-refractivity contribution >= 4 is 11.8 Å². The first-order chi connectivity index (χ1) is 11.1. The predicted octanol–water partition coefficient (Wildman–Crippen LogP) is 1.38. The third-order valence-corrected chi connectivity index (χ3v) is 4.65. The summed E-state index contributed by atoms with van der Waals surface area (Å²) in [5.74, 6) is -0.515. The molecule has 0 aliphatic carbocycles. The molecular weight excluding hydrogens is 297 g/mol. The van der Waals surface area contributed by atoms with Gasteiger partial charge in [-0.25, -0.2) is 4.39 Å². The Hall–Kier alpha value is -2.21. The number of carbonyl (C=O) groups excluding carboxylic acids is 2. The molecule has 1 spiro atoms. The van der Waals surface area contributed by atoms with Gasteiger partial charge in [0.15, 0.2) is 0 Å². The van der Waals surface area contributed by atoms with E-state index in [0.29, 0.717) is 44.6 Å². The lowest BCUT2D eigenvalue weighted by molar-refractivity contribution is -0.130. The third kappa shape index (κ3) is 2.86. The summed E-state index contributed by atoms with van der Waals surface area (Å²) < 4.78 is 13.3. The molecule has 0 radical (unpaired) electrons. The summed E-state index contributed by atoms with van der Waals surface area (Å²) in [4.78, 5) is 28.0. The Morgan fingerprint density at radius 1 is 1.39 bits per heavy atom. The van der Waals surface area contributed by atoms with E-state index in [4.69, 9.17) is 0 Å². The van der Waals surface area contributed by atoms with Crippen LogP contribution in [0.4, 0.5) is 4.39 Å². The molecule has 2 heterocycles. The zero-order valence-electron chi connectivity index (χ0n) is 12.9. The maximum Gasteiger partial charge on any atom is 0.253 e. The number of halogens is 1. The molecule has 2 saturated heterocycles. The number of amides is 2. The Balaban J connectivity index is 1.69. The van der Waals surface area contributed by atoms with Gasteiger partial charge in [0.2, 0.25) is 5.91 Å². The van der Waals surface area contributed by atoms with Crippen molar-refractivity contribution < 1.29 is 14.0 Å². The molecule has 5 nitrogen and oxygen atoms in total. The molecule has 1 aromatic rings. The highest BCUT2D eigenvalue weighted by Crippen LogP contribution is 2.30. The number of nitrogens with zero attached hydrogens (tertiary/aromatic N) is 2. The molecule has 2 amide bonds. The smallest absolute Gasteiger partial charge is 0.253 e. The van der Waals surface area contributed by atoms with Crippen LogP contribution in [0.5, 0.6) is 0 Å². The Kier molecular flexibility index (Phi) is 4.17. The van der Waals surface area contributed by atoms with E-state index in [9.17, 15) is 14.0 Å². The Morgan fingerprint density at radius 3 is 2.78 bits per heavy atom. The fourth-order valence-corrected chi connectivity index (χ4v) is 3.41. The van der Waals surface area contributed by atoms with E-state index < -0.39 is 5.82 Å². The highest BCUT2D eigenvalue weighted by molar-refractivity contribution is 5.94. The highest BCUT2D eigenvalue weighted by atomic mass is 19.1. The fourth-order valence-electron chi connectivity index (χ4n) is 3.41. The van der Waals surface area contributed by atoms with E-state index in [0.717, 1.165) is 0 Å². The molecule has 0 saturated carbocycles. The number of hydrogen-bond donors (Lipinski definition) is 1. The normalized spacial score (nSPS) is 20.1. The first-order valence-electron chi connectivity index (χ1n) is 7.77. The average Bonchev–Trinajstić information content (AvgIpc) is 2.85. The van der Waals surface area contributed by atoms with Gasteiger partial charge in [-0.1, -0.05) is 12.1 Å². The molecule has 122 valence electrons. The quantitative estimate of drug-likeness (QED) is 0.857. The molecule has 6 heteroatoms. The van der Waals surface area contributed by atoms with Crippen LogP contribution in [-0.4, -0.2) is 53.5 Å². The minimum Gasteiger partial charge on any atom is -0.338 e. The fraction of sp³-hybridized carbons (Fsp3) is 0.412. The van der Waals surface area contributed by atoms with Crippen molar-refractivity contribution in [1.29, 1.82) is 0 Å². The van der Waals surface area contributed by atoms with Crippen molar-refractivity contribution in [2.75, 3.05) is 26.2 Å². The standard InChI is InChI=1S/C17H20FN3O2/c1-2-8-21-15(22)12-19-17(21)6-9-20(10-7-17)16(23)13-4-3-5-14(18)11-13/h2-5,11,19H,1,6-10,12H2. The van der Waals surface area contributed by atoms with Crippen LogP contribution in [-0.2, 0) is 4.79 Å². The second-order valence-corrected chi connectivity index (χ2v) is 5.98. The zero-order chi connectivity index (χ0) is 16.4. The molecule has 3 rings (SSSR count). The van der Waals surface area contributed by atoms with Crippen LogP contribution in [0.25, 0.3) is 0 Å². The minimum atomic E-state index is -0.412. The van der Waals surface area contributed by atoms with Gasteiger partial charge in [-0.05, 0) is 18.2 Å². The molecule has 2 aliphatic rings. The van der Waals surface area contributed by atoms with Crippen molar-refractivity contribution in [2.45, 2.75) is 18.5 Å². The van der Waals surface area contributed by atoms with Crippen molar-refractivity contribution in [1.82, 2.24) is 15.1 Å². The second-order valence-electron chi connectivity index (χ2n) is 5.98. The van der Waals surface area contributed by atoms with Crippen LogP contribution >= 0.6 is 0 Å². The summed E-state index contributed by atoms with van der Waals surface area (Å²) in [5.41, 5.74) is -0.0244. The molecule has 1 aromatic carbocycles. The van der Waals surface area contributed by atoms with Gasteiger partial charge >= 0.3 is 0 Å². The van der Waals surface area contributed by atoms with Gasteiger partial charge in [-0.3, -0.25) is 14.9 Å². The topological polar surface area (TPSA) is 52.7 Å². The van der Waals surface area contributed by atoms with Gasteiger partial charge in [0.05, 0.1) is 12.2 Å². The minimum absolute atomic E-state index is 0.0646. The Morgan fingerprint density at radius 2 is 2.13 bits per heavy atom. The molecule has 1 N–H and O–H groups in total. The number of rotatable bonds is 3. The molecule has 0 bridgehead atoms. The number of hydrogen-bond acceptors (Lipinski definition) is 3. The molecule has 2 aliphatic heterocycles. The van der Waals surface area contributed by atoms with Crippen LogP contribution in [0.3, 0.4) is 0 Å². The molecule has 0 unspecified atom stereocenters. The average molecular weight is 317 g/mol. The Labute approximate surface area is 134 Å².